The minimum atomic E-state index is -4.00. The van der Waals surface area contributed by atoms with Gasteiger partial charge in [0, 0.05) is 18.8 Å². The molecule has 0 aromatic heterocycles. The van der Waals surface area contributed by atoms with Gasteiger partial charge in [0.25, 0.3) is 0 Å². The van der Waals surface area contributed by atoms with Crippen molar-refractivity contribution in [3.8, 4) is 5.75 Å². The van der Waals surface area contributed by atoms with E-state index in [2.05, 4.69) is 5.32 Å². The van der Waals surface area contributed by atoms with Crippen molar-refractivity contribution in [1.29, 1.82) is 0 Å². The van der Waals surface area contributed by atoms with Crippen molar-refractivity contribution >= 4 is 21.6 Å². The molecule has 1 fully saturated rings. The number of methoxy groups -OCH3 is 1. The van der Waals surface area contributed by atoms with E-state index in [0.29, 0.717) is 12.8 Å². The van der Waals surface area contributed by atoms with Crippen LogP contribution < -0.4 is 10.1 Å². The zero-order valence-electron chi connectivity index (χ0n) is 18.2. The van der Waals surface area contributed by atoms with E-state index in [9.17, 15) is 17.6 Å². The van der Waals surface area contributed by atoms with Gasteiger partial charge in [-0.15, -0.1) is 0 Å². The quantitative estimate of drug-likeness (QED) is 0.695. The topological polar surface area (TPSA) is 75.7 Å². The highest BCUT2D eigenvalue weighted by atomic mass is 32.2. The number of piperidine rings is 1. The number of nitrogens with zero attached hydrogens (tertiary/aromatic N) is 1. The maximum Gasteiger partial charge on any atom is 0.246 e. The Kier molecular flexibility index (Phi) is 7.33. The fraction of sp³-hybridized carbons (Fsp3) is 0.435. The second-order valence-corrected chi connectivity index (χ2v) is 9.55. The summed E-state index contributed by atoms with van der Waals surface area (Å²) >= 11 is 0. The molecule has 0 unspecified atom stereocenters. The Morgan fingerprint density at radius 1 is 1.19 bits per heavy atom. The molecule has 3 rings (SSSR count). The molecule has 2 aromatic carbocycles. The molecule has 1 heterocycles. The van der Waals surface area contributed by atoms with Crippen LogP contribution in [0.4, 0.5) is 10.1 Å². The number of anilines is 1. The molecule has 0 saturated carbocycles. The monoisotopic (exact) mass is 448 g/mol. The Morgan fingerprint density at radius 2 is 1.87 bits per heavy atom. The highest BCUT2D eigenvalue weighted by molar-refractivity contribution is 7.89. The average Bonchev–Trinajstić information content (AvgIpc) is 2.79. The molecule has 168 valence electrons. The predicted octanol–water partition coefficient (Wildman–Crippen LogP) is 4.00. The van der Waals surface area contributed by atoms with E-state index in [-0.39, 0.29) is 29.6 Å². The summed E-state index contributed by atoms with van der Waals surface area (Å²) in [5.41, 5.74) is 2.93. The van der Waals surface area contributed by atoms with Crippen molar-refractivity contribution in [1.82, 2.24) is 4.31 Å². The Bertz CT molecular complexity index is 1030. The first-order valence-electron chi connectivity index (χ1n) is 10.6. The van der Waals surface area contributed by atoms with Crippen LogP contribution in [0.25, 0.3) is 0 Å². The smallest absolute Gasteiger partial charge is 0.246 e. The number of hydrogen-bond acceptors (Lipinski definition) is 4. The lowest BCUT2D eigenvalue weighted by Gasteiger charge is -2.32. The van der Waals surface area contributed by atoms with Gasteiger partial charge in [-0.3, -0.25) is 4.79 Å². The first-order chi connectivity index (χ1) is 14.8. The number of halogens is 1. The predicted molar refractivity (Wildman–Crippen MR) is 118 cm³/mol. The fourth-order valence-corrected chi connectivity index (χ4v) is 5.69. The maximum atomic E-state index is 13.8. The van der Waals surface area contributed by atoms with Gasteiger partial charge in [-0.05, 0) is 55.0 Å². The molecule has 0 spiro atoms. The van der Waals surface area contributed by atoms with Crippen LogP contribution in [0.3, 0.4) is 0 Å². The zero-order chi connectivity index (χ0) is 22.6. The van der Waals surface area contributed by atoms with Crippen LogP contribution in [0.2, 0.25) is 0 Å². The average molecular weight is 449 g/mol. The molecule has 1 saturated heterocycles. The molecule has 0 aliphatic carbocycles. The van der Waals surface area contributed by atoms with Crippen molar-refractivity contribution < 1.29 is 22.3 Å². The number of hydrogen-bond donors (Lipinski definition) is 1. The largest absolute Gasteiger partial charge is 0.495 e. The highest BCUT2D eigenvalue weighted by Crippen LogP contribution is 2.31. The van der Waals surface area contributed by atoms with E-state index >= 15 is 0 Å². The highest BCUT2D eigenvalue weighted by Gasteiger charge is 2.35. The second kappa shape index (κ2) is 9.78. The van der Waals surface area contributed by atoms with Gasteiger partial charge in [0.1, 0.15) is 16.5 Å². The summed E-state index contributed by atoms with van der Waals surface area (Å²) in [5.74, 6) is -1.26. The second-order valence-electron chi connectivity index (χ2n) is 7.65. The summed E-state index contributed by atoms with van der Waals surface area (Å²) in [6.07, 6.45) is 2.71. The molecule has 1 amide bonds. The van der Waals surface area contributed by atoms with Crippen LogP contribution >= 0.6 is 0 Å². The molecule has 6 nitrogen and oxygen atoms in total. The molecule has 1 atom stereocenters. The zero-order valence-corrected chi connectivity index (χ0v) is 19.0. The number of nitrogens with one attached hydrogen (secondary N) is 1. The van der Waals surface area contributed by atoms with Crippen LogP contribution in [0, 0.1) is 11.7 Å². The lowest BCUT2D eigenvalue weighted by atomic mass is 9.97. The molecule has 31 heavy (non-hydrogen) atoms. The summed E-state index contributed by atoms with van der Waals surface area (Å²) in [7, 11) is -2.66. The summed E-state index contributed by atoms with van der Waals surface area (Å²) in [6.45, 7) is 4.39. The number of sulfonamides is 1. The van der Waals surface area contributed by atoms with E-state index in [1.165, 1.54) is 17.5 Å². The number of carbonyl (C=O) groups excluding carboxylic acids is 1. The number of ether oxygens (including phenoxy) is 1. The van der Waals surface area contributed by atoms with E-state index < -0.39 is 21.8 Å². The first-order valence-corrected chi connectivity index (χ1v) is 12.0. The Morgan fingerprint density at radius 3 is 2.48 bits per heavy atom. The molecule has 1 aliphatic rings. The number of para-hydroxylation sites is 1. The van der Waals surface area contributed by atoms with Crippen LogP contribution in [0.15, 0.2) is 41.3 Å². The van der Waals surface area contributed by atoms with E-state index in [1.54, 1.807) is 0 Å². The van der Waals surface area contributed by atoms with E-state index in [4.69, 9.17) is 4.74 Å². The van der Waals surface area contributed by atoms with Crippen LogP contribution in [-0.4, -0.2) is 38.8 Å². The summed E-state index contributed by atoms with van der Waals surface area (Å²) in [4.78, 5) is 12.9. The van der Waals surface area contributed by atoms with Gasteiger partial charge in [-0.25, -0.2) is 12.8 Å². The van der Waals surface area contributed by atoms with Crippen molar-refractivity contribution in [3.05, 3.63) is 53.3 Å². The van der Waals surface area contributed by atoms with Gasteiger partial charge in [-0.1, -0.05) is 32.0 Å². The molecule has 2 aromatic rings. The minimum Gasteiger partial charge on any atom is -0.495 e. The van der Waals surface area contributed by atoms with Crippen molar-refractivity contribution in [2.45, 2.75) is 44.4 Å². The van der Waals surface area contributed by atoms with E-state index in [1.807, 2.05) is 32.0 Å². The third-order valence-electron chi connectivity index (χ3n) is 5.75. The van der Waals surface area contributed by atoms with E-state index in [0.717, 1.165) is 41.8 Å². The maximum absolute atomic E-state index is 13.8. The van der Waals surface area contributed by atoms with Crippen LogP contribution in [-0.2, 0) is 27.7 Å². The standard InChI is InChI=1S/C23H29FN2O4S/c1-4-16-8-6-9-17(5-2)22(16)25-23(27)18-10-7-13-26(15-18)31(28,29)21-14-19(24)11-12-20(21)30-3/h6,8-9,11-12,14,18H,4-5,7,10,13,15H2,1-3H3,(H,25,27)/t18-/m1/s1. The number of carbonyl (C=O) groups is 1. The van der Waals surface area contributed by atoms with Crippen LogP contribution in [0.1, 0.15) is 37.8 Å². The summed E-state index contributed by atoms with van der Waals surface area (Å²) < 4.78 is 46.5. The van der Waals surface area contributed by atoms with Gasteiger partial charge >= 0.3 is 0 Å². The number of amides is 1. The number of rotatable bonds is 7. The molecule has 0 bridgehead atoms. The van der Waals surface area contributed by atoms with Crippen LogP contribution in [0.5, 0.6) is 5.75 Å². The summed E-state index contributed by atoms with van der Waals surface area (Å²) in [6, 6.07) is 9.37. The summed E-state index contributed by atoms with van der Waals surface area (Å²) in [5, 5.41) is 3.05. The molecule has 8 heteroatoms. The van der Waals surface area contributed by atoms with Crippen molar-refractivity contribution in [2.75, 3.05) is 25.5 Å². The fourth-order valence-electron chi connectivity index (χ4n) is 3.99. The normalized spacial score (nSPS) is 17.4. The molecule has 1 aliphatic heterocycles. The third kappa shape index (κ3) is 4.91. The molecule has 1 N–H and O–H groups in total. The van der Waals surface area contributed by atoms with Crippen molar-refractivity contribution in [2.24, 2.45) is 5.92 Å². The SMILES string of the molecule is CCc1cccc(CC)c1NC(=O)[C@@H]1CCCN(S(=O)(=O)c2cc(F)ccc2OC)C1. The number of aryl methyl sites for hydroxylation is 2. The molecular weight excluding hydrogens is 419 g/mol. The molecular formula is C23H29FN2O4S. The van der Waals surface area contributed by atoms with Crippen molar-refractivity contribution in [3.63, 3.8) is 0 Å². The lowest BCUT2D eigenvalue weighted by Crippen LogP contribution is -2.43. The Hall–Kier alpha value is -2.45. The van der Waals surface area contributed by atoms with Gasteiger partial charge in [-0.2, -0.15) is 4.31 Å². The Balaban J connectivity index is 1.83. The Labute approximate surface area is 183 Å². The number of benzene rings is 2. The van der Waals surface area contributed by atoms with Gasteiger partial charge < -0.3 is 10.1 Å². The third-order valence-corrected chi connectivity index (χ3v) is 7.63. The van der Waals surface area contributed by atoms with Gasteiger partial charge in [0.15, 0.2) is 0 Å². The molecule has 0 radical (unpaired) electrons. The lowest BCUT2D eigenvalue weighted by molar-refractivity contribution is -0.120. The first kappa shape index (κ1) is 23.2. The minimum absolute atomic E-state index is 0.0452. The van der Waals surface area contributed by atoms with Gasteiger partial charge in [0.05, 0.1) is 13.0 Å². The van der Waals surface area contributed by atoms with Gasteiger partial charge in [0.2, 0.25) is 15.9 Å².